The van der Waals surface area contributed by atoms with Crippen LogP contribution < -0.4 is 10.6 Å². The Labute approximate surface area is 94.2 Å². The number of halogens is 1. The SMILES string of the molecule is CC1(c2ccc(Br)o2)NC(=S)NC1=O. The molecule has 74 valence electrons. The van der Waals surface area contributed by atoms with Gasteiger partial charge in [0.25, 0.3) is 5.91 Å². The Bertz CT molecular complexity index is 417. The molecule has 1 aliphatic heterocycles. The van der Waals surface area contributed by atoms with Gasteiger partial charge in [-0.2, -0.15) is 0 Å². The summed E-state index contributed by atoms with van der Waals surface area (Å²) < 4.78 is 5.91. The van der Waals surface area contributed by atoms with Gasteiger partial charge in [0.1, 0.15) is 5.76 Å². The first-order valence-corrected chi connectivity index (χ1v) is 5.12. The van der Waals surface area contributed by atoms with Gasteiger partial charge in [-0.1, -0.05) is 0 Å². The predicted molar refractivity (Wildman–Crippen MR) is 57.6 cm³/mol. The van der Waals surface area contributed by atoms with Crippen molar-refractivity contribution in [2.75, 3.05) is 0 Å². The van der Waals surface area contributed by atoms with Crippen LogP contribution in [0.4, 0.5) is 0 Å². The van der Waals surface area contributed by atoms with Crippen LogP contribution in [0.1, 0.15) is 12.7 Å². The molecule has 1 aromatic rings. The highest BCUT2D eigenvalue weighted by Gasteiger charge is 2.44. The summed E-state index contributed by atoms with van der Waals surface area (Å²) in [5, 5.41) is 5.71. The van der Waals surface area contributed by atoms with Crippen LogP contribution in [0.15, 0.2) is 21.2 Å². The summed E-state index contributed by atoms with van der Waals surface area (Å²) in [4.78, 5) is 11.6. The van der Waals surface area contributed by atoms with Crippen LogP contribution in [0.25, 0.3) is 0 Å². The first kappa shape index (κ1) is 9.67. The fraction of sp³-hybridized carbons (Fsp3) is 0.250. The fourth-order valence-electron chi connectivity index (χ4n) is 1.30. The molecule has 0 aromatic carbocycles. The van der Waals surface area contributed by atoms with Gasteiger partial charge in [-0.15, -0.1) is 0 Å². The van der Waals surface area contributed by atoms with E-state index < -0.39 is 5.54 Å². The molecule has 0 aliphatic carbocycles. The number of hydrogen-bond acceptors (Lipinski definition) is 3. The number of furan rings is 1. The van der Waals surface area contributed by atoms with Gasteiger partial charge in [0, 0.05) is 0 Å². The molecule has 0 spiro atoms. The van der Waals surface area contributed by atoms with E-state index in [0.29, 0.717) is 15.5 Å². The Morgan fingerprint density at radius 1 is 1.57 bits per heavy atom. The highest BCUT2D eigenvalue weighted by Crippen LogP contribution is 2.27. The third-order valence-electron chi connectivity index (χ3n) is 2.11. The van der Waals surface area contributed by atoms with Crippen LogP contribution >= 0.6 is 28.1 Å². The van der Waals surface area contributed by atoms with E-state index in [-0.39, 0.29) is 5.91 Å². The molecule has 6 heteroatoms. The van der Waals surface area contributed by atoms with Crippen molar-refractivity contribution in [3.8, 4) is 0 Å². The lowest BCUT2D eigenvalue weighted by molar-refractivity contribution is -0.124. The highest BCUT2D eigenvalue weighted by atomic mass is 79.9. The van der Waals surface area contributed by atoms with Crippen molar-refractivity contribution in [1.82, 2.24) is 10.6 Å². The van der Waals surface area contributed by atoms with Crippen LogP contribution in [-0.4, -0.2) is 11.0 Å². The number of nitrogens with one attached hydrogen (secondary N) is 2. The number of hydrogen-bond donors (Lipinski definition) is 2. The molecule has 2 N–H and O–H groups in total. The second kappa shape index (κ2) is 3.06. The topological polar surface area (TPSA) is 54.3 Å². The average Bonchev–Trinajstić information content (AvgIpc) is 2.59. The van der Waals surface area contributed by atoms with E-state index in [9.17, 15) is 4.79 Å². The zero-order valence-corrected chi connectivity index (χ0v) is 9.66. The van der Waals surface area contributed by atoms with Crippen molar-refractivity contribution in [3.63, 3.8) is 0 Å². The van der Waals surface area contributed by atoms with Crippen LogP contribution in [-0.2, 0) is 10.3 Å². The normalized spacial score (nSPS) is 26.1. The second-order valence-corrected chi connectivity index (χ2v) is 4.33. The van der Waals surface area contributed by atoms with Crippen LogP contribution in [0.3, 0.4) is 0 Å². The molecule has 0 bridgehead atoms. The molecule has 1 atom stereocenters. The number of carbonyl (C=O) groups is 1. The average molecular weight is 275 g/mol. The monoisotopic (exact) mass is 274 g/mol. The van der Waals surface area contributed by atoms with E-state index in [1.165, 1.54) is 0 Å². The molecule has 1 amide bonds. The lowest BCUT2D eigenvalue weighted by Crippen LogP contribution is -2.40. The van der Waals surface area contributed by atoms with Crippen molar-refractivity contribution in [1.29, 1.82) is 0 Å². The maximum Gasteiger partial charge on any atom is 0.259 e. The minimum absolute atomic E-state index is 0.204. The van der Waals surface area contributed by atoms with Gasteiger partial charge in [-0.05, 0) is 47.2 Å². The quantitative estimate of drug-likeness (QED) is 0.758. The number of thiocarbonyl (C=S) groups is 1. The largest absolute Gasteiger partial charge is 0.451 e. The minimum Gasteiger partial charge on any atom is -0.451 e. The first-order chi connectivity index (χ1) is 6.52. The van der Waals surface area contributed by atoms with Gasteiger partial charge in [-0.3, -0.25) is 4.79 Å². The van der Waals surface area contributed by atoms with E-state index in [1.54, 1.807) is 19.1 Å². The lowest BCUT2D eigenvalue weighted by atomic mass is 10.00. The van der Waals surface area contributed by atoms with Gasteiger partial charge in [0.15, 0.2) is 15.3 Å². The van der Waals surface area contributed by atoms with Crippen LogP contribution in [0.2, 0.25) is 0 Å². The van der Waals surface area contributed by atoms with E-state index >= 15 is 0 Å². The van der Waals surface area contributed by atoms with Crippen LogP contribution in [0.5, 0.6) is 0 Å². The molecule has 14 heavy (non-hydrogen) atoms. The van der Waals surface area contributed by atoms with Crippen molar-refractivity contribution in [2.45, 2.75) is 12.5 Å². The summed E-state index contributed by atoms with van der Waals surface area (Å²) in [6.45, 7) is 1.72. The molecule has 0 radical (unpaired) electrons. The van der Waals surface area contributed by atoms with Crippen molar-refractivity contribution < 1.29 is 9.21 Å². The molecular formula is C8H7BrN2O2S. The third-order valence-corrected chi connectivity index (χ3v) is 2.74. The van der Waals surface area contributed by atoms with Gasteiger partial charge in [0.05, 0.1) is 0 Å². The first-order valence-electron chi connectivity index (χ1n) is 3.92. The summed E-state index contributed by atoms with van der Waals surface area (Å²) in [5.74, 6) is 0.325. The fourth-order valence-corrected chi connectivity index (χ4v) is 1.90. The molecule has 0 saturated carbocycles. The Balaban J connectivity index is 2.42. The Morgan fingerprint density at radius 3 is 2.71 bits per heavy atom. The number of amides is 1. The molecule has 1 aromatic heterocycles. The molecule has 2 rings (SSSR count). The maximum atomic E-state index is 11.6. The minimum atomic E-state index is -0.900. The Morgan fingerprint density at radius 2 is 2.29 bits per heavy atom. The van der Waals surface area contributed by atoms with E-state index in [1.807, 2.05) is 0 Å². The summed E-state index contributed by atoms with van der Waals surface area (Å²) in [7, 11) is 0. The highest BCUT2D eigenvalue weighted by molar-refractivity contribution is 9.10. The zero-order chi connectivity index (χ0) is 10.3. The van der Waals surface area contributed by atoms with E-state index in [4.69, 9.17) is 16.6 Å². The van der Waals surface area contributed by atoms with E-state index in [2.05, 4.69) is 26.6 Å². The molecule has 1 saturated heterocycles. The summed E-state index contributed by atoms with van der Waals surface area (Å²) in [6.07, 6.45) is 0. The summed E-state index contributed by atoms with van der Waals surface area (Å²) in [6, 6.07) is 3.46. The molecule has 2 heterocycles. The third kappa shape index (κ3) is 1.34. The number of rotatable bonds is 1. The number of carbonyl (C=O) groups excluding carboxylic acids is 1. The second-order valence-electron chi connectivity index (χ2n) is 3.14. The van der Waals surface area contributed by atoms with Crippen molar-refractivity contribution >= 4 is 39.2 Å². The van der Waals surface area contributed by atoms with Gasteiger partial charge in [0.2, 0.25) is 0 Å². The maximum absolute atomic E-state index is 11.6. The molecule has 1 unspecified atom stereocenters. The molecule has 1 fully saturated rings. The van der Waals surface area contributed by atoms with Crippen molar-refractivity contribution in [3.05, 3.63) is 22.6 Å². The zero-order valence-electron chi connectivity index (χ0n) is 7.26. The predicted octanol–water partition coefficient (Wildman–Crippen LogP) is 1.26. The smallest absolute Gasteiger partial charge is 0.259 e. The molecule has 4 nitrogen and oxygen atoms in total. The van der Waals surface area contributed by atoms with Crippen LogP contribution in [0, 0.1) is 0 Å². The van der Waals surface area contributed by atoms with Crippen molar-refractivity contribution in [2.24, 2.45) is 0 Å². The molecular weight excluding hydrogens is 268 g/mol. The summed E-state index contributed by atoms with van der Waals surface area (Å²) >= 11 is 8.03. The summed E-state index contributed by atoms with van der Waals surface area (Å²) in [5.41, 5.74) is -0.900. The van der Waals surface area contributed by atoms with Gasteiger partial charge in [-0.25, -0.2) is 0 Å². The van der Waals surface area contributed by atoms with E-state index in [0.717, 1.165) is 0 Å². The Hall–Kier alpha value is -0.880. The Kier molecular flexibility index (Phi) is 2.11. The standard InChI is InChI=1S/C8H7BrN2O2S/c1-8(4-2-3-5(9)13-4)6(12)10-7(14)11-8/h2-3H,1H3,(H2,10,11,12,14). The lowest BCUT2D eigenvalue weighted by Gasteiger charge is -2.17. The van der Waals surface area contributed by atoms with Gasteiger partial charge < -0.3 is 15.1 Å². The van der Waals surface area contributed by atoms with Gasteiger partial charge >= 0.3 is 0 Å². The molecule has 1 aliphatic rings.